The number of carbonyl (C=O) groups is 2. The van der Waals surface area contributed by atoms with Crippen molar-refractivity contribution in [2.24, 2.45) is 17.8 Å². The third-order valence-corrected chi connectivity index (χ3v) is 4.31. The van der Waals surface area contributed by atoms with Crippen molar-refractivity contribution in [3.63, 3.8) is 0 Å². The van der Waals surface area contributed by atoms with E-state index < -0.39 is 17.8 Å². The average Bonchev–Trinajstić information content (AvgIpc) is 2.78. The zero-order valence-corrected chi connectivity index (χ0v) is 12.8. The molecule has 0 saturated heterocycles. The summed E-state index contributed by atoms with van der Waals surface area (Å²) in [6, 6.07) is 2.74. The Labute approximate surface area is 131 Å². The van der Waals surface area contributed by atoms with E-state index in [9.17, 15) is 19.8 Å². The van der Waals surface area contributed by atoms with E-state index in [-0.39, 0.29) is 27.6 Å². The van der Waals surface area contributed by atoms with Crippen LogP contribution in [0.1, 0.15) is 19.8 Å². The summed E-state index contributed by atoms with van der Waals surface area (Å²) >= 11 is 11.6. The van der Waals surface area contributed by atoms with Crippen LogP contribution in [0.15, 0.2) is 12.1 Å². The number of carboxylic acids is 1. The lowest BCUT2D eigenvalue weighted by Gasteiger charge is -2.16. The second-order valence-corrected chi connectivity index (χ2v) is 6.22. The standard InChI is InChI=1S/C14H15Cl2NO4/c1-6-2-8(9(3-6)14(20)21)13(19)17-7-4-10(15)12(18)11(16)5-7/h4-6,8-9,18H,2-3H2,1H3,(H,17,19)(H,20,21)/t6?,8-,9+/m0/s1. The summed E-state index contributed by atoms with van der Waals surface area (Å²) in [4.78, 5) is 23.5. The van der Waals surface area contributed by atoms with Gasteiger partial charge >= 0.3 is 5.97 Å². The second-order valence-electron chi connectivity index (χ2n) is 5.41. The van der Waals surface area contributed by atoms with Crippen LogP contribution in [0.3, 0.4) is 0 Å². The number of nitrogens with one attached hydrogen (secondary N) is 1. The summed E-state index contributed by atoms with van der Waals surface area (Å²) in [5.41, 5.74) is 0.330. The first-order valence-corrected chi connectivity index (χ1v) is 7.27. The minimum absolute atomic E-state index is 0.0207. The van der Waals surface area contributed by atoms with Crippen molar-refractivity contribution < 1.29 is 19.8 Å². The number of phenols is 1. The molecular formula is C14H15Cl2NO4. The van der Waals surface area contributed by atoms with Gasteiger partial charge in [-0.3, -0.25) is 9.59 Å². The van der Waals surface area contributed by atoms with Crippen LogP contribution < -0.4 is 5.32 Å². The Kier molecular flexibility index (Phi) is 4.64. The van der Waals surface area contributed by atoms with E-state index in [4.69, 9.17) is 23.2 Å². The van der Waals surface area contributed by atoms with Crippen molar-refractivity contribution >= 4 is 40.8 Å². The van der Waals surface area contributed by atoms with Crippen molar-refractivity contribution in [1.29, 1.82) is 0 Å². The van der Waals surface area contributed by atoms with Crippen LogP contribution in [0.2, 0.25) is 10.0 Å². The average molecular weight is 332 g/mol. The van der Waals surface area contributed by atoms with Crippen LogP contribution in [0, 0.1) is 17.8 Å². The molecule has 3 N–H and O–H groups in total. The smallest absolute Gasteiger partial charge is 0.307 e. The molecule has 114 valence electrons. The summed E-state index contributed by atoms with van der Waals surface area (Å²) in [7, 11) is 0. The number of hydrogen-bond donors (Lipinski definition) is 3. The number of phenolic OH excluding ortho intramolecular Hbond substituents is 1. The molecule has 1 aliphatic carbocycles. The van der Waals surface area contributed by atoms with E-state index in [0.717, 1.165) is 0 Å². The molecule has 0 aliphatic heterocycles. The lowest BCUT2D eigenvalue weighted by molar-refractivity contribution is -0.145. The molecule has 0 radical (unpaired) electrons. The number of aliphatic carboxylic acids is 1. The highest BCUT2D eigenvalue weighted by Crippen LogP contribution is 2.38. The maximum absolute atomic E-state index is 12.3. The Morgan fingerprint density at radius 1 is 1.19 bits per heavy atom. The normalized spacial score (nSPS) is 24.8. The molecule has 21 heavy (non-hydrogen) atoms. The molecule has 1 aromatic rings. The Hall–Kier alpha value is -1.46. The number of aromatic hydroxyl groups is 1. The molecule has 1 amide bonds. The Morgan fingerprint density at radius 3 is 2.24 bits per heavy atom. The predicted molar refractivity (Wildman–Crippen MR) is 79.8 cm³/mol. The number of carbonyl (C=O) groups excluding carboxylic acids is 1. The number of anilines is 1. The van der Waals surface area contributed by atoms with Crippen LogP contribution in [0.5, 0.6) is 5.75 Å². The monoisotopic (exact) mass is 331 g/mol. The lowest BCUT2D eigenvalue weighted by atomic mass is 9.95. The zero-order chi connectivity index (χ0) is 15.7. The SMILES string of the molecule is CC1C[C@H](C(=O)Nc2cc(Cl)c(O)c(Cl)c2)[C@H](C(=O)O)C1. The molecule has 0 bridgehead atoms. The Morgan fingerprint density at radius 2 is 1.71 bits per heavy atom. The summed E-state index contributed by atoms with van der Waals surface area (Å²) in [5.74, 6) is -2.65. The van der Waals surface area contributed by atoms with Gasteiger partial charge in [-0.2, -0.15) is 0 Å². The predicted octanol–water partition coefficient (Wildman–Crippen LogP) is 3.38. The summed E-state index contributed by atoms with van der Waals surface area (Å²) < 4.78 is 0. The van der Waals surface area contributed by atoms with Gasteiger partial charge in [0.15, 0.2) is 5.75 Å². The van der Waals surface area contributed by atoms with Gasteiger partial charge in [0.2, 0.25) is 5.91 Å². The Bertz CT molecular complexity index is 567. The third kappa shape index (κ3) is 3.41. The lowest BCUT2D eigenvalue weighted by Crippen LogP contribution is -2.30. The molecule has 0 spiro atoms. The van der Waals surface area contributed by atoms with Gasteiger partial charge in [0, 0.05) is 5.69 Å². The molecule has 1 saturated carbocycles. The maximum Gasteiger partial charge on any atom is 0.307 e. The largest absolute Gasteiger partial charge is 0.505 e. The molecule has 0 heterocycles. The van der Waals surface area contributed by atoms with Gasteiger partial charge < -0.3 is 15.5 Å². The molecule has 0 aromatic heterocycles. The molecular weight excluding hydrogens is 317 g/mol. The molecule has 1 aliphatic rings. The molecule has 3 atom stereocenters. The molecule has 2 rings (SSSR count). The molecule has 1 unspecified atom stereocenters. The zero-order valence-electron chi connectivity index (χ0n) is 11.3. The molecule has 1 aromatic carbocycles. The Balaban J connectivity index is 2.16. The van der Waals surface area contributed by atoms with Crippen LogP contribution in [-0.4, -0.2) is 22.1 Å². The van der Waals surface area contributed by atoms with Gasteiger partial charge in [-0.15, -0.1) is 0 Å². The first-order chi connectivity index (χ1) is 9.79. The first-order valence-electron chi connectivity index (χ1n) is 6.51. The number of rotatable bonds is 3. The number of benzene rings is 1. The van der Waals surface area contributed by atoms with E-state index >= 15 is 0 Å². The van der Waals surface area contributed by atoms with Gasteiger partial charge in [0.05, 0.1) is 21.9 Å². The van der Waals surface area contributed by atoms with Crippen molar-refractivity contribution in [3.05, 3.63) is 22.2 Å². The highest BCUT2D eigenvalue weighted by Gasteiger charge is 2.41. The summed E-state index contributed by atoms with van der Waals surface area (Å²) in [5, 5.41) is 21.3. The molecule has 7 heteroatoms. The van der Waals surface area contributed by atoms with Crippen LogP contribution in [0.25, 0.3) is 0 Å². The fourth-order valence-corrected chi connectivity index (χ4v) is 3.21. The third-order valence-electron chi connectivity index (χ3n) is 3.74. The highest BCUT2D eigenvalue weighted by atomic mass is 35.5. The van der Waals surface area contributed by atoms with E-state index in [1.807, 2.05) is 6.92 Å². The van der Waals surface area contributed by atoms with E-state index in [1.54, 1.807) is 0 Å². The number of carboxylic acid groups (broad SMARTS) is 1. The first kappa shape index (κ1) is 15.9. The van der Waals surface area contributed by atoms with Crippen LogP contribution in [-0.2, 0) is 9.59 Å². The molecule has 5 nitrogen and oxygen atoms in total. The van der Waals surface area contributed by atoms with E-state index in [1.165, 1.54) is 12.1 Å². The topological polar surface area (TPSA) is 86.6 Å². The van der Waals surface area contributed by atoms with Crippen molar-refractivity contribution in [2.75, 3.05) is 5.32 Å². The minimum atomic E-state index is -0.957. The number of hydrogen-bond acceptors (Lipinski definition) is 3. The molecule has 1 fully saturated rings. The van der Waals surface area contributed by atoms with Gasteiger partial charge in [-0.05, 0) is 30.9 Å². The number of halogens is 2. The van der Waals surface area contributed by atoms with E-state index in [0.29, 0.717) is 18.5 Å². The van der Waals surface area contributed by atoms with Crippen molar-refractivity contribution in [3.8, 4) is 5.75 Å². The fourth-order valence-electron chi connectivity index (χ4n) is 2.73. The van der Waals surface area contributed by atoms with Crippen molar-refractivity contribution in [1.82, 2.24) is 0 Å². The van der Waals surface area contributed by atoms with Gasteiger partial charge in [0.25, 0.3) is 0 Å². The summed E-state index contributed by atoms with van der Waals surface area (Å²) in [6.45, 7) is 1.93. The summed E-state index contributed by atoms with van der Waals surface area (Å²) in [6.07, 6.45) is 1.02. The minimum Gasteiger partial charge on any atom is -0.505 e. The second kappa shape index (κ2) is 6.12. The van der Waals surface area contributed by atoms with Gasteiger partial charge in [-0.25, -0.2) is 0 Å². The van der Waals surface area contributed by atoms with E-state index in [2.05, 4.69) is 5.32 Å². The van der Waals surface area contributed by atoms with Crippen molar-refractivity contribution in [2.45, 2.75) is 19.8 Å². The van der Waals surface area contributed by atoms with Gasteiger partial charge in [0.1, 0.15) is 0 Å². The fraction of sp³-hybridized carbons (Fsp3) is 0.429. The number of amides is 1. The highest BCUT2D eigenvalue weighted by molar-refractivity contribution is 6.37. The van der Waals surface area contributed by atoms with Gasteiger partial charge in [-0.1, -0.05) is 30.1 Å². The maximum atomic E-state index is 12.3. The van der Waals surface area contributed by atoms with Crippen LogP contribution in [0.4, 0.5) is 5.69 Å². The quantitative estimate of drug-likeness (QED) is 0.741. The van der Waals surface area contributed by atoms with Crippen LogP contribution >= 0.6 is 23.2 Å².